The molecule has 2 rings (SSSR count). The van der Waals surface area contributed by atoms with Gasteiger partial charge in [-0.3, -0.25) is 19.3 Å². The van der Waals surface area contributed by atoms with Crippen molar-refractivity contribution >= 4 is 27.7 Å². The normalized spacial score (nSPS) is 16.2. The number of piperazine rings is 1. The molecule has 1 aromatic carbocycles. The number of esters is 1. The Hall–Kier alpha value is -2.30. The lowest BCUT2D eigenvalue weighted by Crippen LogP contribution is -2.52. The minimum atomic E-state index is -3.69. The average Bonchev–Trinajstić information content (AvgIpc) is 2.77. The molecule has 0 aromatic heterocycles. The molecule has 1 aliphatic rings. The summed E-state index contributed by atoms with van der Waals surface area (Å²) in [5.74, 6) is -0.880. The lowest BCUT2D eigenvalue weighted by molar-refractivity contribution is -0.146. The van der Waals surface area contributed by atoms with Crippen LogP contribution in [-0.2, 0) is 24.3 Å². The van der Waals surface area contributed by atoms with Crippen molar-refractivity contribution < 1.29 is 27.5 Å². The van der Waals surface area contributed by atoms with Gasteiger partial charge in [0.15, 0.2) is 5.78 Å². The maximum absolute atomic E-state index is 12.9. The maximum atomic E-state index is 12.9. The topological polar surface area (TPSA) is 104 Å². The molecular formula is C21H31N3O6S. The zero-order valence-electron chi connectivity index (χ0n) is 18.5. The molecule has 1 aliphatic heterocycles. The van der Waals surface area contributed by atoms with Gasteiger partial charge in [-0.1, -0.05) is 26.0 Å². The zero-order chi connectivity index (χ0) is 23.2. The Balaban J connectivity index is 1.94. The van der Waals surface area contributed by atoms with Gasteiger partial charge < -0.3 is 9.64 Å². The predicted octanol–water partition coefficient (Wildman–Crippen LogP) is 0.853. The van der Waals surface area contributed by atoms with Crippen molar-refractivity contribution in [2.75, 3.05) is 52.9 Å². The van der Waals surface area contributed by atoms with E-state index in [0.717, 1.165) is 0 Å². The third-order valence-corrected chi connectivity index (χ3v) is 7.34. The SMILES string of the molecule is CCN(CC(=O)N1CCN(S(=O)(=O)c2ccc(C(C)=O)cc2)CC1)CC(C)C(=O)OC. The Kier molecular flexibility index (Phi) is 8.72. The number of sulfonamides is 1. The molecule has 1 heterocycles. The lowest BCUT2D eigenvalue weighted by atomic mass is 10.1. The van der Waals surface area contributed by atoms with E-state index in [1.807, 2.05) is 11.8 Å². The zero-order valence-corrected chi connectivity index (χ0v) is 19.4. The third-order valence-electron chi connectivity index (χ3n) is 5.43. The maximum Gasteiger partial charge on any atom is 0.309 e. The number of carbonyl (C=O) groups excluding carboxylic acids is 3. The molecule has 9 nitrogen and oxygen atoms in total. The number of amides is 1. The van der Waals surface area contributed by atoms with E-state index in [-0.39, 0.29) is 48.1 Å². The van der Waals surface area contributed by atoms with Gasteiger partial charge in [0, 0.05) is 38.3 Å². The van der Waals surface area contributed by atoms with Crippen molar-refractivity contribution in [3.05, 3.63) is 29.8 Å². The van der Waals surface area contributed by atoms with Crippen LogP contribution in [0.25, 0.3) is 0 Å². The van der Waals surface area contributed by atoms with Gasteiger partial charge in [-0.25, -0.2) is 8.42 Å². The highest BCUT2D eigenvalue weighted by Gasteiger charge is 2.30. The number of ether oxygens (including phenoxy) is 1. The molecule has 1 unspecified atom stereocenters. The van der Waals surface area contributed by atoms with Crippen LogP contribution in [0.15, 0.2) is 29.2 Å². The Morgan fingerprint density at radius 1 is 1.10 bits per heavy atom. The number of methoxy groups -OCH3 is 1. The van der Waals surface area contributed by atoms with E-state index in [1.165, 1.54) is 42.6 Å². The van der Waals surface area contributed by atoms with Gasteiger partial charge in [-0.2, -0.15) is 4.31 Å². The number of carbonyl (C=O) groups is 3. The van der Waals surface area contributed by atoms with E-state index >= 15 is 0 Å². The van der Waals surface area contributed by atoms with Crippen LogP contribution < -0.4 is 0 Å². The molecule has 0 N–H and O–H groups in total. The van der Waals surface area contributed by atoms with Crippen LogP contribution in [0, 0.1) is 5.92 Å². The van der Waals surface area contributed by atoms with E-state index in [0.29, 0.717) is 31.7 Å². The van der Waals surface area contributed by atoms with Gasteiger partial charge in [-0.05, 0) is 25.6 Å². The summed E-state index contributed by atoms with van der Waals surface area (Å²) in [6.07, 6.45) is 0. The molecule has 172 valence electrons. The first-order chi connectivity index (χ1) is 14.6. The Labute approximate surface area is 184 Å². The smallest absolute Gasteiger partial charge is 0.309 e. The summed E-state index contributed by atoms with van der Waals surface area (Å²) >= 11 is 0. The molecule has 0 saturated carbocycles. The van der Waals surface area contributed by atoms with Gasteiger partial charge in [0.05, 0.1) is 24.5 Å². The standard InChI is InChI=1S/C21H31N3O6S/c1-5-22(14-16(2)21(27)30-4)15-20(26)23-10-12-24(13-11-23)31(28,29)19-8-6-18(7-9-19)17(3)25/h6-9,16H,5,10-15H2,1-4H3. The van der Waals surface area contributed by atoms with E-state index < -0.39 is 10.0 Å². The summed E-state index contributed by atoms with van der Waals surface area (Å²) in [6.45, 7) is 7.29. The van der Waals surface area contributed by atoms with Crippen LogP contribution in [0.5, 0.6) is 0 Å². The highest BCUT2D eigenvalue weighted by atomic mass is 32.2. The van der Waals surface area contributed by atoms with Crippen LogP contribution >= 0.6 is 0 Å². The molecule has 0 spiro atoms. The molecule has 1 amide bonds. The minimum Gasteiger partial charge on any atom is -0.469 e. The van der Waals surface area contributed by atoms with E-state index in [4.69, 9.17) is 4.74 Å². The van der Waals surface area contributed by atoms with E-state index in [2.05, 4.69) is 0 Å². The summed E-state index contributed by atoms with van der Waals surface area (Å²) in [5.41, 5.74) is 0.455. The predicted molar refractivity (Wildman–Crippen MR) is 115 cm³/mol. The van der Waals surface area contributed by atoms with Crippen LogP contribution in [0.1, 0.15) is 31.1 Å². The van der Waals surface area contributed by atoms with Gasteiger partial charge in [-0.15, -0.1) is 0 Å². The second-order valence-electron chi connectivity index (χ2n) is 7.62. The second-order valence-corrected chi connectivity index (χ2v) is 9.56. The van der Waals surface area contributed by atoms with E-state index in [1.54, 1.807) is 11.8 Å². The van der Waals surface area contributed by atoms with Gasteiger partial charge in [0.1, 0.15) is 0 Å². The molecule has 31 heavy (non-hydrogen) atoms. The van der Waals surface area contributed by atoms with Crippen LogP contribution in [0.3, 0.4) is 0 Å². The summed E-state index contributed by atoms with van der Waals surface area (Å²) in [5, 5.41) is 0. The number of Topliss-reactive ketones (excluding diaryl/α,β-unsaturated/α-hetero) is 1. The molecule has 10 heteroatoms. The quantitative estimate of drug-likeness (QED) is 0.403. The highest BCUT2D eigenvalue weighted by Crippen LogP contribution is 2.19. The Bertz CT molecular complexity index is 892. The van der Waals surface area contributed by atoms with Gasteiger partial charge in [0.2, 0.25) is 15.9 Å². The Morgan fingerprint density at radius 2 is 1.68 bits per heavy atom. The molecule has 1 aromatic rings. The molecular weight excluding hydrogens is 422 g/mol. The van der Waals surface area contributed by atoms with Crippen molar-refractivity contribution in [2.24, 2.45) is 5.92 Å². The van der Waals surface area contributed by atoms with Crippen molar-refractivity contribution in [1.82, 2.24) is 14.1 Å². The highest BCUT2D eigenvalue weighted by molar-refractivity contribution is 7.89. The molecule has 0 bridgehead atoms. The molecule has 1 fully saturated rings. The summed E-state index contributed by atoms with van der Waals surface area (Å²) in [6, 6.07) is 5.88. The number of likely N-dealkylation sites (N-methyl/N-ethyl adjacent to an activating group) is 1. The number of hydrogen-bond acceptors (Lipinski definition) is 7. The van der Waals surface area contributed by atoms with Gasteiger partial charge >= 0.3 is 5.97 Å². The number of benzene rings is 1. The number of rotatable bonds is 9. The summed E-state index contributed by atoms with van der Waals surface area (Å²) in [4.78, 5) is 39.4. The van der Waals surface area contributed by atoms with Gasteiger partial charge in [0.25, 0.3) is 0 Å². The van der Waals surface area contributed by atoms with E-state index in [9.17, 15) is 22.8 Å². The van der Waals surface area contributed by atoms with Crippen molar-refractivity contribution in [3.8, 4) is 0 Å². The first-order valence-corrected chi connectivity index (χ1v) is 11.7. The fraction of sp³-hybridized carbons (Fsp3) is 0.571. The van der Waals surface area contributed by atoms with Crippen molar-refractivity contribution in [3.63, 3.8) is 0 Å². The summed E-state index contributed by atoms with van der Waals surface area (Å²) < 4.78 is 31.8. The van der Waals surface area contributed by atoms with Crippen LogP contribution in [0.4, 0.5) is 0 Å². The monoisotopic (exact) mass is 453 g/mol. The number of nitrogens with zero attached hydrogens (tertiary/aromatic N) is 3. The van der Waals surface area contributed by atoms with Crippen LogP contribution in [0.2, 0.25) is 0 Å². The number of hydrogen-bond donors (Lipinski definition) is 0. The minimum absolute atomic E-state index is 0.0956. The molecule has 1 atom stereocenters. The van der Waals surface area contributed by atoms with Crippen molar-refractivity contribution in [2.45, 2.75) is 25.7 Å². The largest absolute Gasteiger partial charge is 0.469 e. The molecule has 0 aliphatic carbocycles. The molecule has 1 saturated heterocycles. The third kappa shape index (κ3) is 6.34. The first kappa shape index (κ1) is 25.0. The van der Waals surface area contributed by atoms with Crippen LogP contribution in [-0.4, -0.2) is 93.1 Å². The van der Waals surface area contributed by atoms with Crippen molar-refractivity contribution in [1.29, 1.82) is 0 Å². The fourth-order valence-corrected chi connectivity index (χ4v) is 4.87. The first-order valence-electron chi connectivity index (χ1n) is 10.3. The fourth-order valence-electron chi connectivity index (χ4n) is 3.45. The summed E-state index contributed by atoms with van der Waals surface area (Å²) in [7, 11) is -2.35. The second kappa shape index (κ2) is 10.8. The average molecular weight is 454 g/mol. The number of ketones is 1. The lowest BCUT2D eigenvalue weighted by Gasteiger charge is -2.35. The molecule has 0 radical (unpaired) electrons. The Morgan fingerprint density at radius 3 is 2.16 bits per heavy atom.